The van der Waals surface area contributed by atoms with Crippen LogP contribution in [0.25, 0.3) is 11.3 Å². The lowest BCUT2D eigenvalue weighted by atomic mass is 10.1. The van der Waals surface area contributed by atoms with E-state index in [1.807, 2.05) is 4.90 Å². The van der Waals surface area contributed by atoms with Crippen LogP contribution in [0.4, 0.5) is 15.9 Å². The van der Waals surface area contributed by atoms with Gasteiger partial charge in [0.2, 0.25) is 5.91 Å². The summed E-state index contributed by atoms with van der Waals surface area (Å²) < 4.78 is 25.1. The van der Waals surface area contributed by atoms with Crippen LogP contribution in [0.2, 0.25) is 0 Å². The van der Waals surface area contributed by atoms with Gasteiger partial charge in [0, 0.05) is 50.1 Å². The van der Waals surface area contributed by atoms with E-state index >= 15 is 0 Å². The van der Waals surface area contributed by atoms with Gasteiger partial charge in [-0.2, -0.15) is 0 Å². The number of amides is 2. The Kier molecular flexibility index (Phi) is 6.65. The molecule has 12 heteroatoms. The molecule has 4 aromatic rings. The molecule has 1 aromatic carbocycles. The second kappa shape index (κ2) is 10.3. The summed E-state index contributed by atoms with van der Waals surface area (Å²) >= 11 is 0. The number of anilines is 2. The molecular weight excluding hydrogens is 469 g/mol. The van der Waals surface area contributed by atoms with Crippen molar-refractivity contribution in [2.45, 2.75) is 6.54 Å². The van der Waals surface area contributed by atoms with Gasteiger partial charge in [0.25, 0.3) is 5.91 Å². The highest BCUT2D eigenvalue weighted by molar-refractivity contribution is 5.95. The van der Waals surface area contributed by atoms with Crippen molar-refractivity contribution in [3.63, 3.8) is 0 Å². The van der Waals surface area contributed by atoms with Crippen LogP contribution < -0.4 is 15.5 Å². The highest BCUT2D eigenvalue weighted by Crippen LogP contribution is 2.27. The highest BCUT2D eigenvalue weighted by atomic mass is 19.1. The van der Waals surface area contributed by atoms with Crippen molar-refractivity contribution >= 4 is 23.3 Å². The number of halogens is 1. The lowest BCUT2D eigenvalue weighted by Crippen LogP contribution is -2.51. The third-order valence-electron chi connectivity index (χ3n) is 5.90. The predicted octanol–water partition coefficient (Wildman–Crippen LogP) is 2.49. The molecule has 4 heterocycles. The summed E-state index contributed by atoms with van der Waals surface area (Å²) in [5, 5.41) is 13.4. The summed E-state index contributed by atoms with van der Waals surface area (Å²) in [4.78, 5) is 30.8. The van der Waals surface area contributed by atoms with E-state index in [-0.39, 0.29) is 24.2 Å². The number of aromatic nitrogens is 3. The summed E-state index contributed by atoms with van der Waals surface area (Å²) in [7, 11) is 0. The number of nitrogens with zero attached hydrogens (tertiary/aromatic N) is 4. The Labute approximate surface area is 205 Å². The first kappa shape index (κ1) is 23.1. The van der Waals surface area contributed by atoms with Gasteiger partial charge in [-0.3, -0.25) is 9.59 Å². The molecule has 0 atom stereocenters. The second-order valence-electron chi connectivity index (χ2n) is 8.22. The van der Waals surface area contributed by atoms with Gasteiger partial charge in [-0.15, -0.1) is 0 Å². The number of nitrogens with one attached hydrogen (secondary N) is 3. The molecule has 0 radical (unpaired) electrons. The number of carbonyl (C=O) groups is 2. The van der Waals surface area contributed by atoms with Crippen LogP contribution in [-0.2, 0) is 11.3 Å². The van der Waals surface area contributed by atoms with Crippen molar-refractivity contribution < 1.29 is 23.0 Å². The zero-order valence-electron chi connectivity index (χ0n) is 19.2. The molecule has 3 aromatic heterocycles. The molecule has 3 N–H and O–H groups in total. The SMILES string of the molecule is O=C(NCC(=O)N1CCN(c2ccc(-c3cc(CNc4ccon4)on3)cc2F)CC1)c1ccc[nH]1. The zero-order valence-corrected chi connectivity index (χ0v) is 19.2. The number of carbonyl (C=O) groups excluding carboxylic acids is 2. The molecule has 11 nitrogen and oxygen atoms in total. The molecule has 0 aliphatic carbocycles. The number of H-pyrrole nitrogens is 1. The van der Waals surface area contributed by atoms with Crippen molar-refractivity contribution in [2.75, 3.05) is 42.9 Å². The maximum absolute atomic E-state index is 15.0. The molecule has 186 valence electrons. The van der Waals surface area contributed by atoms with Gasteiger partial charge >= 0.3 is 0 Å². The normalized spacial score (nSPS) is 13.6. The van der Waals surface area contributed by atoms with E-state index in [1.165, 1.54) is 12.3 Å². The quantitative estimate of drug-likeness (QED) is 0.341. The molecule has 0 saturated carbocycles. The fourth-order valence-corrected chi connectivity index (χ4v) is 3.97. The number of hydrogen-bond acceptors (Lipinski definition) is 8. The third kappa shape index (κ3) is 5.22. The molecule has 5 rings (SSSR count). The number of aromatic amines is 1. The lowest BCUT2D eigenvalue weighted by Gasteiger charge is -2.36. The molecule has 0 spiro atoms. The van der Waals surface area contributed by atoms with Crippen LogP contribution >= 0.6 is 0 Å². The monoisotopic (exact) mass is 493 g/mol. The Morgan fingerprint density at radius 2 is 1.94 bits per heavy atom. The summed E-state index contributed by atoms with van der Waals surface area (Å²) in [6.07, 6.45) is 3.10. The Morgan fingerprint density at radius 3 is 2.67 bits per heavy atom. The van der Waals surface area contributed by atoms with Crippen molar-refractivity contribution in [3.8, 4) is 11.3 Å². The fraction of sp³-hybridized carbons (Fsp3) is 0.250. The minimum absolute atomic E-state index is 0.0886. The summed E-state index contributed by atoms with van der Waals surface area (Å²) in [6.45, 7) is 2.10. The number of hydrogen-bond donors (Lipinski definition) is 3. The summed E-state index contributed by atoms with van der Waals surface area (Å²) in [5.74, 6) is 0.259. The molecule has 1 fully saturated rings. The van der Waals surface area contributed by atoms with E-state index in [2.05, 4.69) is 25.9 Å². The lowest BCUT2D eigenvalue weighted by molar-refractivity contribution is -0.130. The zero-order chi connectivity index (χ0) is 24.9. The molecule has 1 saturated heterocycles. The van der Waals surface area contributed by atoms with Gasteiger partial charge in [-0.25, -0.2) is 4.39 Å². The molecule has 2 amide bonds. The summed E-state index contributed by atoms with van der Waals surface area (Å²) in [5.41, 5.74) is 1.98. The van der Waals surface area contributed by atoms with E-state index in [1.54, 1.807) is 47.5 Å². The van der Waals surface area contributed by atoms with Gasteiger partial charge in [0.1, 0.15) is 23.5 Å². The minimum atomic E-state index is -0.379. The van der Waals surface area contributed by atoms with Crippen LogP contribution in [0.1, 0.15) is 16.2 Å². The maximum Gasteiger partial charge on any atom is 0.268 e. The van der Waals surface area contributed by atoms with Crippen molar-refractivity contribution in [3.05, 3.63) is 72.2 Å². The van der Waals surface area contributed by atoms with Crippen LogP contribution in [0.5, 0.6) is 0 Å². The molecule has 0 unspecified atom stereocenters. The first-order valence-electron chi connectivity index (χ1n) is 11.4. The van der Waals surface area contributed by atoms with Crippen LogP contribution in [0, 0.1) is 5.82 Å². The molecule has 36 heavy (non-hydrogen) atoms. The van der Waals surface area contributed by atoms with E-state index in [4.69, 9.17) is 9.05 Å². The third-order valence-corrected chi connectivity index (χ3v) is 5.90. The number of piperazine rings is 1. The van der Waals surface area contributed by atoms with E-state index in [0.29, 0.717) is 66.9 Å². The first-order valence-corrected chi connectivity index (χ1v) is 11.4. The van der Waals surface area contributed by atoms with Crippen LogP contribution in [0.15, 0.2) is 64.0 Å². The topological polar surface area (TPSA) is 133 Å². The highest BCUT2D eigenvalue weighted by Gasteiger charge is 2.23. The van der Waals surface area contributed by atoms with Gasteiger partial charge in [-0.1, -0.05) is 16.4 Å². The standard InChI is InChI=1S/C24H24FN7O4/c25-18-12-16(20-13-17(36-29-20)14-27-22-5-11-35-30-22)3-4-21(18)31-7-9-32(10-8-31)23(33)15-28-24(34)19-2-1-6-26-19/h1-6,11-13,26H,7-10,14-15H2,(H,27,30)(H,28,34). The average Bonchev–Trinajstić information content (AvgIpc) is 3.69. The first-order chi connectivity index (χ1) is 17.6. The molecule has 1 aliphatic rings. The summed E-state index contributed by atoms with van der Waals surface area (Å²) in [6, 6.07) is 11.7. The van der Waals surface area contributed by atoms with Gasteiger partial charge in [0.05, 0.1) is 18.8 Å². The largest absolute Gasteiger partial charge is 0.366 e. The average molecular weight is 493 g/mol. The number of rotatable bonds is 8. The Morgan fingerprint density at radius 1 is 1.08 bits per heavy atom. The maximum atomic E-state index is 15.0. The Hall–Kier alpha value is -4.61. The van der Waals surface area contributed by atoms with Gasteiger partial charge < -0.3 is 34.5 Å². The van der Waals surface area contributed by atoms with Gasteiger partial charge in [-0.05, 0) is 24.3 Å². The van der Waals surface area contributed by atoms with Crippen molar-refractivity contribution in [2.24, 2.45) is 0 Å². The smallest absolute Gasteiger partial charge is 0.268 e. The molecular formula is C24H24FN7O4. The van der Waals surface area contributed by atoms with E-state index in [9.17, 15) is 14.0 Å². The van der Waals surface area contributed by atoms with Crippen LogP contribution in [0.3, 0.4) is 0 Å². The molecule has 0 bridgehead atoms. The van der Waals surface area contributed by atoms with Crippen molar-refractivity contribution in [1.29, 1.82) is 0 Å². The van der Waals surface area contributed by atoms with Crippen molar-refractivity contribution in [1.82, 2.24) is 25.5 Å². The second-order valence-corrected chi connectivity index (χ2v) is 8.22. The Balaban J connectivity index is 1.13. The predicted molar refractivity (Wildman–Crippen MR) is 128 cm³/mol. The fourth-order valence-electron chi connectivity index (χ4n) is 3.97. The minimum Gasteiger partial charge on any atom is -0.366 e. The van der Waals surface area contributed by atoms with Gasteiger partial charge in [0.15, 0.2) is 11.6 Å². The van der Waals surface area contributed by atoms with Crippen LogP contribution in [-0.4, -0.2) is 64.7 Å². The molecule has 1 aliphatic heterocycles. The number of benzene rings is 1. The van der Waals surface area contributed by atoms with E-state index < -0.39 is 0 Å². The Bertz CT molecular complexity index is 1310. The van der Waals surface area contributed by atoms with E-state index in [0.717, 1.165) is 0 Å².